The molecular weight excluding hydrogens is 270 g/mol. The van der Waals surface area contributed by atoms with Crippen LogP contribution in [0.15, 0.2) is 34.5 Å². The van der Waals surface area contributed by atoms with Gasteiger partial charge in [0.2, 0.25) is 5.78 Å². The Morgan fingerprint density at radius 2 is 2.25 bits per heavy atom. The molecule has 0 fully saturated rings. The lowest BCUT2D eigenvalue weighted by atomic mass is 10.1. The maximum atomic E-state index is 12.1. The fraction of sp³-hybridized carbons (Fsp3) is 0.250. The van der Waals surface area contributed by atoms with E-state index in [-0.39, 0.29) is 5.78 Å². The molecule has 16 heavy (non-hydrogen) atoms. The van der Waals surface area contributed by atoms with Crippen LogP contribution in [0.1, 0.15) is 23.2 Å². The molecule has 1 aromatic carbocycles. The number of allylic oxidation sites excluding steroid dienone is 2. The van der Waals surface area contributed by atoms with Gasteiger partial charge in [0, 0.05) is 15.7 Å². The zero-order valence-corrected chi connectivity index (χ0v) is 10.3. The van der Waals surface area contributed by atoms with Gasteiger partial charge in [-0.25, -0.2) is 0 Å². The number of nitrogens with two attached hydrogens (primary N) is 1. The summed E-state index contributed by atoms with van der Waals surface area (Å²) in [5, 5.41) is 0. The lowest BCUT2D eigenvalue weighted by Gasteiger charge is -2.14. The van der Waals surface area contributed by atoms with Crippen LogP contribution in [-0.2, 0) is 4.74 Å². The van der Waals surface area contributed by atoms with E-state index in [1.807, 2.05) is 6.08 Å². The highest BCUT2D eigenvalue weighted by molar-refractivity contribution is 9.10. The van der Waals surface area contributed by atoms with Gasteiger partial charge in [-0.05, 0) is 37.1 Å². The number of ketones is 1. The summed E-state index contributed by atoms with van der Waals surface area (Å²) in [6, 6.07) is 5.17. The van der Waals surface area contributed by atoms with Crippen LogP contribution in [0.25, 0.3) is 0 Å². The van der Waals surface area contributed by atoms with Gasteiger partial charge in [-0.3, -0.25) is 4.79 Å². The Morgan fingerprint density at radius 3 is 2.94 bits per heavy atom. The molecule has 1 aliphatic rings. The predicted octanol–water partition coefficient (Wildman–Crippen LogP) is 2.91. The summed E-state index contributed by atoms with van der Waals surface area (Å²) in [5.74, 6) is 0.316. The van der Waals surface area contributed by atoms with Gasteiger partial charge in [-0.2, -0.15) is 0 Å². The molecule has 0 radical (unpaired) electrons. The highest BCUT2D eigenvalue weighted by atomic mass is 79.9. The van der Waals surface area contributed by atoms with E-state index >= 15 is 0 Å². The quantitative estimate of drug-likeness (QED) is 0.670. The molecule has 0 amide bonds. The Morgan fingerprint density at radius 1 is 1.44 bits per heavy atom. The highest BCUT2D eigenvalue weighted by Crippen LogP contribution is 2.24. The monoisotopic (exact) mass is 281 g/mol. The van der Waals surface area contributed by atoms with Crippen LogP contribution in [0.3, 0.4) is 0 Å². The van der Waals surface area contributed by atoms with Crippen molar-refractivity contribution in [1.29, 1.82) is 0 Å². The fourth-order valence-electron chi connectivity index (χ4n) is 1.57. The van der Waals surface area contributed by atoms with Crippen molar-refractivity contribution >= 4 is 27.4 Å². The van der Waals surface area contributed by atoms with E-state index in [9.17, 15) is 4.79 Å². The Hall–Kier alpha value is -1.29. The van der Waals surface area contributed by atoms with Gasteiger partial charge in [0.05, 0.1) is 6.61 Å². The lowest BCUT2D eigenvalue weighted by molar-refractivity contribution is 0.0898. The summed E-state index contributed by atoms with van der Waals surface area (Å²) in [6.45, 7) is 0.609. The van der Waals surface area contributed by atoms with Crippen molar-refractivity contribution in [3.05, 3.63) is 40.1 Å². The first kappa shape index (κ1) is 11.2. The smallest absolute Gasteiger partial charge is 0.228 e. The second kappa shape index (κ2) is 4.70. The van der Waals surface area contributed by atoms with Gasteiger partial charge in [0.15, 0.2) is 5.76 Å². The third-order valence-corrected chi connectivity index (χ3v) is 3.09. The minimum absolute atomic E-state index is 0.112. The van der Waals surface area contributed by atoms with Crippen molar-refractivity contribution in [3.63, 3.8) is 0 Å². The van der Waals surface area contributed by atoms with Crippen LogP contribution >= 0.6 is 15.9 Å². The van der Waals surface area contributed by atoms with Crippen molar-refractivity contribution in [2.24, 2.45) is 0 Å². The molecule has 0 aliphatic carbocycles. The summed E-state index contributed by atoms with van der Waals surface area (Å²) < 4.78 is 6.08. The zero-order chi connectivity index (χ0) is 11.5. The minimum atomic E-state index is -0.112. The number of benzene rings is 1. The molecule has 0 atom stereocenters. The van der Waals surface area contributed by atoms with Gasteiger partial charge in [0.25, 0.3) is 0 Å². The van der Waals surface area contributed by atoms with E-state index < -0.39 is 0 Å². The number of hydrogen-bond acceptors (Lipinski definition) is 3. The first-order valence-electron chi connectivity index (χ1n) is 5.11. The molecule has 2 rings (SSSR count). The van der Waals surface area contributed by atoms with Crippen molar-refractivity contribution in [2.45, 2.75) is 12.8 Å². The van der Waals surface area contributed by atoms with Crippen LogP contribution in [0.4, 0.5) is 5.69 Å². The third-order valence-electron chi connectivity index (χ3n) is 2.39. The number of nitrogen functional groups attached to an aromatic ring is 1. The van der Waals surface area contributed by atoms with Crippen molar-refractivity contribution in [3.8, 4) is 0 Å². The third kappa shape index (κ3) is 2.27. The molecule has 0 bridgehead atoms. The average molecular weight is 282 g/mol. The predicted molar refractivity (Wildman–Crippen MR) is 66.2 cm³/mol. The molecule has 0 saturated carbocycles. The summed E-state index contributed by atoms with van der Waals surface area (Å²) >= 11 is 3.34. The van der Waals surface area contributed by atoms with E-state index in [2.05, 4.69) is 15.9 Å². The second-order valence-corrected chi connectivity index (χ2v) is 4.48. The van der Waals surface area contributed by atoms with Crippen molar-refractivity contribution in [2.75, 3.05) is 12.3 Å². The Kier molecular flexibility index (Phi) is 3.29. The van der Waals surface area contributed by atoms with Gasteiger partial charge in [0.1, 0.15) is 0 Å². The molecule has 1 aliphatic heterocycles. The molecule has 4 heteroatoms. The SMILES string of the molecule is Nc1ccc(Br)c(C(=O)C2=CCCCO2)c1. The maximum absolute atomic E-state index is 12.1. The number of ether oxygens (including phenoxy) is 1. The number of carbonyl (C=O) groups excluding carboxylic acids is 1. The summed E-state index contributed by atoms with van der Waals surface area (Å²) in [7, 11) is 0. The topological polar surface area (TPSA) is 52.3 Å². The fourth-order valence-corrected chi connectivity index (χ4v) is 1.99. The molecule has 0 saturated heterocycles. The van der Waals surface area contributed by atoms with Crippen LogP contribution in [-0.4, -0.2) is 12.4 Å². The zero-order valence-electron chi connectivity index (χ0n) is 8.70. The average Bonchev–Trinajstić information content (AvgIpc) is 2.32. The standard InChI is InChI=1S/C12H12BrNO2/c13-10-5-4-8(14)7-9(10)12(15)11-3-1-2-6-16-11/h3-5,7H,1-2,6,14H2. The van der Waals surface area contributed by atoms with Gasteiger partial charge in [-0.15, -0.1) is 0 Å². The number of anilines is 1. The van der Waals surface area contributed by atoms with Crippen LogP contribution in [0, 0.1) is 0 Å². The molecular formula is C12H12BrNO2. The number of Topliss-reactive ketones (excluding diaryl/α,β-unsaturated/α-hetero) is 1. The number of carbonyl (C=O) groups is 1. The Balaban J connectivity index is 2.33. The minimum Gasteiger partial charge on any atom is -0.490 e. The molecule has 0 unspecified atom stereocenters. The molecule has 1 heterocycles. The van der Waals surface area contributed by atoms with E-state index in [1.165, 1.54) is 0 Å². The molecule has 1 aromatic rings. The van der Waals surface area contributed by atoms with Crippen LogP contribution in [0.5, 0.6) is 0 Å². The van der Waals surface area contributed by atoms with E-state index in [4.69, 9.17) is 10.5 Å². The number of halogens is 1. The second-order valence-electron chi connectivity index (χ2n) is 3.63. The van der Waals surface area contributed by atoms with Crippen LogP contribution in [0.2, 0.25) is 0 Å². The van der Waals surface area contributed by atoms with E-state index in [0.717, 1.165) is 17.3 Å². The Labute approximate surface area is 102 Å². The van der Waals surface area contributed by atoms with Crippen LogP contribution < -0.4 is 5.73 Å². The van der Waals surface area contributed by atoms with Crippen molar-refractivity contribution in [1.82, 2.24) is 0 Å². The first-order chi connectivity index (χ1) is 7.68. The lowest BCUT2D eigenvalue weighted by Crippen LogP contribution is -2.12. The summed E-state index contributed by atoms with van der Waals surface area (Å²) in [4.78, 5) is 12.1. The van der Waals surface area contributed by atoms with Gasteiger partial charge >= 0.3 is 0 Å². The van der Waals surface area contributed by atoms with E-state index in [1.54, 1.807) is 18.2 Å². The number of hydrogen-bond donors (Lipinski definition) is 1. The largest absolute Gasteiger partial charge is 0.490 e. The first-order valence-corrected chi connectivity index (χ1v) is 5.90. The normalized spacial score (nSPS) is 15.2. The summed E-state index contributed by atoms with van der Waals surface area (Å²) in [6.07, 6.45) is 3.69. The molecule has 0 spiro atoms. The van der Waals surface area contributed by atoms with E-state index in [0.29, 0.717) is 23.6 Å². The highest BCUT2D eigenvalue weighted by Gasteiger charge is 2.18. The summed E-state index contributed by atoms with van der Waals surface area (Å²) in [5.41, 5.74) is 6.78. The molecule has 2 N–H and O–H groups in total. The molecule has 84 valence electrons. The molecule has 3 nitrogen and oxygen atoms in total. The number of rotatable bonds is 2. The van der Waals surface area contributed by atoms with Gasteiger partial charge in [-0.1, -0.05) is 15.9 Å². The van der Waals surface area contributed by atoms with Crippen molar-refractivity contribution < 1.29 is 9.53 Å². The molecule has 0 aromatic heterocycles. The van der Waals surface area contributed by atoms with Gasteiger partial charge < -0.3 is 10.5 Å². The maximum Gasteiger partial charge on any atom is 0.228 e. The Bertz CT molecular complexity index is 454.